The molecule has 0 fully saturated rings. The molecule has 0 aliphatic rings. The first kappa shape index (κ1) is 11.0. The standard InChI is InChI=1S/C10H16O2/c1-6-7-8(2)9(11)12-10(3,4)5/h6-7H,2H2,1,3-5H3. The van der Waals surface area contributed by atoms with Gasteiger partial charge >= 0.3 is 5.97 Å². The van der Waals surface area contributed by atoms with Crippen molar-refractivity contribution >= 4 is 5.97 Å². The Balaban J connectivity index is 4.15. The monoisotopic (exact) mass is 168 g/mol. The van der Waals surface area contributed by atoms with Crippen molar-refractivity contribution < 1.29 is 9.53 Å². The van der Waals surface area contributed by atoms with Crippen LogP contribution in [0, 0.1) is 0 Å². The van der Waals surface area contributed by atoms with Gasteiger partial charge in [-0.1, -0.05) is 18.7 Å². The highest BCUT2D eigenvalue weighted by atomic mass is 16.6. The Morgan fingerprint density at radius 2 is 1.92 bits per heavy atom. The predicted molar refractivity (Wildman–Crippen MR) is 49.8 cm³/mol. The lowest BCUT2D eigenvalue weighted by Gasteiger charge is -2.19. The summed E-state index contributed by atoms with van der Waals surface area (Å²) >= 11 is 0. The summed E-state index contributed by atoms with van der Waals surface area (Å²) < 4.78 is 5.06. The second kappa shape index (κ2) is 4.10. The Kier molecular flexibility index (Phi) is 3.74. The number of ether oxygens (including phenoxy) is 1. The lowest BCUT2D eigenvalue weighted by Crippen LogP contribution is -2.24. The molecule has 12 heavy (non-hydrogen) atoms. The summed E-state index contributed by atoms with van der Waals surface area (Å²) in [6.45, 7) is 10.9. The van der Waals surface area contributed by atoms with Crippen molar-refractivity contribution in [1.82, 2.24) is 0 Å². The van der Waals surface area contributed by atoms with E-state index >= 15 is 0 Å². The van der Waals surface area contributed by atoms with Gasteiger partial charge in [-0.2, -0.15) is 0 Å². The summed E-state index contributed by atoms with van der Waals surface area (Å²) in [7, 11) is 0. The number of carbonyl (C=O) groups excluding carboxylic acids is 1. The molecule has 0 aromatic carbocycles. The summed E-state index contributed by atoms with van der Waals surface area (Å²) in [5.74, 6) is -0.361. The number of hydrogen-bond acceptors (Lipinski definition) is 2. The Labute approximate surface area is 73.9 Å². The third-order valence-corrected chi connectivity index (χ3v) is 1.03. The van der Waals surface area contributed by atoms with Gasteiger partial charge < -0.3 is 4.74 Å². The van der Waals surface area contributed by atoms with Crippen molar-refractivity contribution in [2.24, 2.45) is 0 Å². The van der Waals surface area contributed by atoms with Crippen LogP contribution in [0.4, 0.5) is 0 Å². The van der Waals surface area contributed by atoms with Crippen molar-refractivity contribution in [3.8, 4) is 0 Å². The fraction of sp³-hybridized carbons (Fsp3) is 0.500. The summed E-state index contributed by atoms with van der Waals surface area (Å²) in [6, 6.07) is 0. The maximum Gasteiger partial charge on any atom is 0.338 e. The van der Waals surface area contributed by atoms with Crippen LogP contribution in [0.1, 0.15) is 27.7 Å². The number of esters is 1. The van der Waals surface area contributed by atoms with Crippen LogP contribution in [0.15, 0.2) is 24.3 Å². The molecule has 0 aromatic heterocycles. The molecule has 0 bridgehead atoms. The summed E-state index contributed by atoms with van der Waals surface area (Å²) in [6.07, 6.45) is 3.39. The van der Waals surface area contributed by atoms with Gasteiger partial charge in [-0.25, -0.2) is 4.79 Å². The molecule has 0 spiro atoms. The van der Waals surface area contributed by atoms with Gasteiger partial charge in [0.05, 0.1) is 5.57 Å². The average Bonchev–Trinajstić information content (AvgIpc) is 1.84. The molecule has 2 heteroatoms. The van der Waals surface area contributed by atoms with E-state index in [1.165, 1.54) is 0 Å². The quantitative estimate of drug-likeness (QED) is 0.359. The van der Waals surface area contributed by atoms with E-state index in [0.29, 0.717) is 5.57 Å². The van der Waals surface area contributed by atoms with Crippen LogP contribution < -0.4 is 0 Å². The van der Waals surface area contributed by atoms with E-state index in [1.807, 2.05) is 27.7 Å². The molecular weight excluding hydrogens is 152 g/mol. The highest BCUT2D eigenvalue weighted by Crippen LogP contribution is 2.10. The maximum atomic E-state index is 11.2. The van der Waals surface area contributed by atoms with Crippen LogP contribution in [0.25, 0.3) is 0 Å². The molecule has 68 valence electrons. The molecule has 0 saturated carbocycles. The summed E-state index contributed by atoms with van der Waals surface area (Å²) in [5, 5.41) is 0. The van der Waals surface area contributed by atoms with E-state index in [9.17, 15) is 4.79 Å². The zero-order valence-electron chi connectivity index (χ0n) is 8.18. The lowest BCUT2D eigenvalue weighted by molar-refractivity contribution is -0.149. The van der Waals surface area contributed by atoms with Crippen LogP contribution in [-0.4, -0.2) is 11.6 Å². The highest BCUT2D eigenvalue weighted by molar-refractivity contribution is 5.90. The third kappa shape index (κ3) is 4.72. The molecule has 0 atom stereocenters. The molecule has 0 aliphatic carbocycles. The lowest BCUT2D eigenvalue weighted by atomic mass is 10.2. The molecule has 0 rings (SSSR count). The average molecular weight is 168 g/mol. The minimum absolute atomic E-state index is 0.361. The van der Waals surface area contributed by atoms with E-state index in [2.05, 4.69) is 6.58 Å². The van der Waals surface area contributed by atoms with Crippen molar-refractivity contribution in [1.29, 1.82) is 0 Å². The van der Waals surface area contributed by atoms with Gasteiger partial charge in [0, 0.05) is 0 Å². The Morgan fingerprint density at radius 1 is 1.42 bits per heavy atom. The minimum Gasteiger partial charge on any atom is -0.456 e. The summed E-state index contributed by atoms with van der Waals surface area (Å²) in [4.78, 5) is 11.2. The zero-order valence-corrected chi connectivity index (χ0v) is 8.18. The summed E-state index contributed by atoms with van der Waals surface area (Å²) in [5.41, 5.74) is -0.0610. The second-order valence-corrected chi connectivity index (χ2v) is 3.53. The Morgan fingerprint density at radius 3 is 2.25 bits per heavy atom. The molecule has 0 unspecified atom stereocenters. The van der Waals surface area contributed by atoms with Crippen LogP contribution in [0.2, 0.25) is 0 Å². The molecular formula is C10H16O2. The smallest absolute Gasteiger partial charge is 0.338 e. The first-order chi connectivity index (χ1) is 5.37. The number of carbonyl (C=O) groups is 1. The van der Waals surface area contributed by atoms with Crippen LogP contribution in [0.5, 0.6) is 0 Å². The SMILES string of the molecule is C=C(C=CC)C(=O)OC(C)(C)C. The fourth-order valence-electron chi connectivity index (χ4n) is 0.613. The molecule has 0 amide bonds. The Bertz CT molecular complexity index is 206. The predicted octanol–water partition coefficient (Wildman–Crippen LogP) is 2.46. The topological polar surface area (TPSA) is 26.3 Å². The maximum absolute atomic E-state index is 11.2. The highest BCUT2D eigenvalue weighted by Gasteiger charge is 2.16. The number of allylic oxidation sites excluding steroid dienone is 1. The van der Waals surface area contributed by atoms with Gasteiger partial charge in [0.2, 0.25) is 0 Å². The van der Waals surface area contributed by atoms with E-state index < -0.39 is 5.60 Å². The zero-order chi connectivity index (χ0) is 9.78. The normalized spacial score (nSPS) is 11.7. The molecule has 0 aliphatic heterocycles. The third-order valence-electron chi connectivity index (χ3n) is 1.03. The van der Waals surface area contributed by atoms with E-state index in [1.54, 1.807) is 12.2 Å². The van der Waals surface area contributed by atoms with Crippen molar-refractivity contribution in [3.63, 3.8) is 0 Å². The fourth-order valence-corrected chi connectivity index (χ4v) is 0.613. The van der Waals surface area contributed by atoms with Crippen molar-refractivity contribution in [3.05, 3.63) is 24.3 Å². The minimum atomic E-state index is -0.443. The second-order valence-electron chi connectivity index (χ2n) is 3.53. The van der Waals surface area contributed by atoms with Gasteiger partial charge in [-0.3, -0.25) is 0 Å². The van der Waals surface area contributed by atoms with Crippen molar-refractivity contribution in [2.45, 2.75) is 33.3 Å². The largest absolute Gasteiger partial charge is 0.456 e. The molecule has 0 aromatic rings. The van der Waals surface area contributed by atoms with Crippen LogP contribution in [0.3, 0.4) is 0 Å². The van der Waals surface area contributed by atoms with Crippen LogP contribution >= 0.6 is 0 Å². The van der Waals surface area contributed by atoms with Gasteiger partial charge in [-0.05, 0) is 27.7 Å². The van der Waals surface area contributed by atoms with Gasteiger partial charge in [0.15, 0.2) is 0 Å². The van der Waals surface area contributed by atoms with Gasteiger partial charge in [0.25, 0.3) is 0 Å². The number of rotatable bonds is 2. The molecule has 0 N–H and O–H groups in total. The van der Waals surface area contributed by atoms with Crippen LogP contribution in [-0.2, 0) is 9.53 Å². The molecule has 2 nitrogen and oxygen atoms in total. The molecule has 0 radical (unpaired) electrons. The molecule has 0 heterocycles. The molecule has 0 saturated heterocycles. The van der Waals surface area contributed by atoms with Gasteiger partial charge in [-0.15, -0.1) is 0 Å². The van der Waals surface area contributed by atoms with Gasteiger partial charge in [0.1, 0.15) is 5.60 Å². The first-order valence-corrected chi connectivity index (χ1v) is 3.92. The van der Waals surface area contributed by atoms with E-state index in [-0.39, 0.29) is 5.97 Å². The van der Waals surface area contributed by atoms with E-state index in [0.717, 1.165) is 0 Å². The van der Waals surface area contributed by atoms with E-state index in [4.69, 9.17) is 4.74 Å². The van der Waals surface area contributed by atoms with Crippen molar-refractivity contribution in [2.75, 3.05) is 0 Å². The number of hydrogen-bond donors (Lipinski definition) is 0. The Hall–Kier alpha value is -1.05. The first-order valence-electron chi connectivity index (χ1n) is 3.92.